The average molecular weight is 543 g/mol. The van der Waals surface area contributed by atoms with Crippen molar-refractivity contribution in [1.29, 1.82) is 0 Å². The Kier molecular flexibility index (Phi) is 7.92. The van der Waals surface area contributed by atoms with Crippen LogP contribution in [0.15, 0.2) is 87.3 Å². The van der Waals surface area contributed by atoms with Gasteiger partial charge in [-0.3, -0.25) is 4.99 Å². The second-order valence-corrected chi connectivity index (χ2v) is 13.2. The maximum Gasteiger partial charge on any atom is 3.00 e. The Morgan fingerprint density at radius 2 is 1.65 bits per heavy atom. The molecule has 1 radical (unpaired) electrons. The van der Waals surface area contributed by atoms with Crippen molar-refractivity contribution in [1.82, 2.24) is 0 Å². The summed E-state index contributed by atoms with van der Waals surface area (Å²) in [6.45, 7) is 11.6. The smallest absolute Gasteiger partial charge is 1.00 e. The van der Waals surface area contributed by atoms with E-state index in [1.807, 2.05) is 6.20 Å². The number of fused-ring (bicyclic) bond motifs is 3. The molecule has 7 rings (SSSR count). The molecule has 1 nitrogen and oxygen atoms in total. The molecule has 0 saturated heterocycles. The van der Waals surface area contributed by atoms with E-state index in [1.165, 1.54) is 44.0 Å². The van der Waals surface area contributed by atoms with Crippen molar-refractivity contribution >= 4 is 35.3 Å². The zero-order valence-corrected chi connectivity index (χ0v) is 23.5. The van der Waals surface area contributed by atoms with Crippen LogP contribution in [0.5, 0.6) is 0 Å². The number of aliphatic imine (C=N–C) groups is 1. The molecule has 0 atom stereocenters. The normalized spacial score (nSPS) is 16.8. The van der Waals surface area contributed by atoms with Crippen LogP contribution in [0.4, 0.5) is 0 Å². The number of nitrogens with zero attached hydrogens (tertiary/aromatic N) is 1. The third-order valence-electron chi connectivity index (χ3n) is 6.51. The van der Waals surface area contributed by atoms with Gasteiger partial charge in [0.15, 0.2) is 0 Å². The van der Waals surface area contributed by atoms with Crippen LogP contribution in [0.25, 0.3) is 21.5 Å². The van der Waals surface area contributed by atoms with Gasteiger partial charge >= 0.3 is 26.2 Å². The third-order valence-corrected chi connectivity index (χ3v) is 10.3. The van der Waals surface area contributed by atoms with Crippen molar-refractivity contribution in [2.24, 2.45) is 4.99 Å². The van der Waals surface area contributed by atoms with Crippen molar-refractivity contribution in [2.45, 2.75) is 39.8 Å². The number of allylic oxidation sites excluding steroid dienone is 5. The van der Waals surface area contributed by atoms with Gasteiger partial charge in [-0.1, -0.05) is 62.7 Å². The molecule has 5 heteroatoms. The van der Waals surface area contributed by atoms with Crippen LogP contribution >= 0.6 is 0 Å². The summed E-state index contributed by atoms with van der Waals surface area (Å²) in [6.07, 6.45) is 4.10. The molecule has 4 aliphatic rings. The van der Waals surface area contributed by atoms with E-state index in [1.54, 1.807) is 10.4 Å². The van der Waals surface area contributed by atoms with E-state index >= 15 is 0 Å². The second-order valence-electron chi connectivity index (χ2n) is 8.94. The minimum Gasteiger partial charge on any atom is -1.00 e. The maximum atomic E-state index is 4.42. The van der Waals surface area contributed by atoms with Gasteiger partial charge in [-0.25, -0.2) is 0 Å². The van der Waals surface area contributed by atoms with E-state index in [4.69, 9.17) is 0 Å². The van der Waals surface area contributed by atoms with Crippen LogP contribution in [0.1, 0.15) is 32.3 Å². The first-order valence-electron chi connectivity index (χ1n) is 10.2. The summed E-state index contributed by atoms with van der Waals surface area (Å²) in [5, 5.41) is 8.72. The van der Waals surface area contributed by atoms with E-state index < -0.39 is 8.07 Å². The van der Waals surface area contributed by atoms with Crippen molar-refractivity contribution < 1.29 is 51.0 Å². The van der Waals surface area contributed by atoms with Crippen LogP contribution in [0.2, 0.25) is 13.1 Å². The van der Waals surface area contributed by atoms with Gasteiger partial charge in [0, 0.05) is 11.8 Å². The third kappa shape index (κ3) is 3.93. The Morgan fingerprint density at radius 3 is 2.29 bits per heavy atom. The standard InChI is InChI=1S/C16H15.C10H11NSi.2ClH.Zr/c1-11(2)14-9-13-8-7-12-5-3-4-6-15(12)16(13)10-14;1-6-9-7-4-5-11-8(7)10(6)12(9,2)3;;;/h3-11H,1-2H3;4-5H,1-3H3;2*1H;/q-1;;;;+3/p-2. The Hall–Kier alpha value is -1.12. The first kappa shape index (κ1) is 26.1. The second kappa shape index (κ2) is 9.40. The van der Waals surface area contributed by atoms with E-state index in [2.05, 4.69) is 93.5 Å². The maximum absolute atomic E-state index is 4.42. The Bertz CT molecular complexity index is 1280. The first-order chi connectivity index (χ1) is 13.4. The SMILES string of the molecule is CC(C)c1cc2c(ccc3ccccc32)[cH-]1.CC1=C2C3=NC=CC3=C1[Si]2(C)C.[Cl-].[Cl-].[Zr+3]. The van der Waals surface area contributed by atoms with E-state index in [-0.39, 0.29) is 51.0 Å². The van der Waals surface area contributed by atoms with E-state index in [0.717, 1.165) is 0 Å². The Labute approximate surface area is 217 Å². The number of hydrogen-bond acceptors (Lipinski definition) is 1. The fourth-order valence-electron chi connectivity index (χ4n) is 5.19. The summed E-state index contributed by atoms with van der Waals surface area (Å²) in [5.41, 5.74) is 5.72. The number of hydrogen-bond donors (Lipinski definition) is 0. The van der Waals surface area contributed by atoms with Crippen LogP contribution in [0.3, 0.4) is 0 Å². The molecule has 3 aromatic carbocycles. The van der Waals surface area contributed by atoms with Gasteiger partial charge in [0.25, 0.3) is 0 Å². The molecule has 3 heterocycles. The fraction of sp³-hybridized carbons (Fsp3) is 0.231. The largest absolute Gasteiger partial charge is 3.00 e. The van der Waals surface area contributed by atoms with Crippen molar-refractivity contribution in [3.63, 3.8) is 0 Å². The molecular formula is C26H26Cl2NSiZr. The minimum atomic E-state index is -1.13. The van der Waals surface area contributed by atoms with Gasteiger partial charge < -0.3 is 24.8 Å². The molecule has 0 unspecified atom stereocenters. The summed E-state index contributed by atoms with van der Waals surface area (Å²) in [4.78, 5) is 4.42. The predicted molar refractivity (Wildman–Crippen MR) is 125 cm³/mol. The molecule has 31 heavy (non-hydrogen) atoms. The summed E-state index contributed by atoms with van der Waals surface area (Å²) >= 11 is 0. The molecule has 0 N–H and O–H groups in total. The van der Waals surface area contributed by atoms with Gasteiger partial charge in [-0.15, -0.1) is 28.5 Å². The molecule has 0 saturated carbocycles. The van der Waals surface area contributed by atoms with Gasteiger partial charge in [0.05, 0.1) is 5.71 Å². The van der Waals surface area contributed by atoms with Crippen LogP contribution in [-0.4, -0.2) is 13.8 Å². The van der Waals surface area contributed by atoms with Crippen LogP contribution < -0.4 is 24.8 Å². The van der Waals surface area contributed by atoms with Crippen molar-refractivity contribution in [3.05, 3.63) is 87.9 Å². The van der Waals surface area contributed by atoms with Gasteiger partial charge in [-0.2, -0.15) is 6.07 Å². The first-order valence-corrected chi connectivity index (χ1v) is 13.2. The van der Waals surface area contributed by atoms with Gasteiger partial charge in [0.2, 0.25) is 0 Å². The molecule has 0 fully saturated rings. The molecule has 157 valence electrons. The van der Waals surface area contributed by atoms with Crippen molar-refractivity contribution in [2.75, 3.05) is 0 Å². The Morgan fingerprint density at radius 1 is 0.935 bits per heavy atom. The monoisotopic (exact) mass is 540 g/mol. The quantitative estimate of drug-likeness (QED) is 0.324. The number of halogens is 2. The molecular weight excluding hydrogens is 517 g/mol. The summed E-state index contributed by atoms with van der Waals surface area (Å²) in [5.74, 6) is 0.603. The predicted octanol–water partition coefficient (Wildman–Crippen LogP) is 1.22. The van der Waals surface area contributed by atoms with Gasteiger partial charge in [-0.05, 0) is 40.3 Å². The molecule has 3 aliphatic heterocycles. The number of benzene rings is 2. The zero-order chi connectivity index (χ0) is 19.6. The minimum absolute atomic E-state index is 0. The van der Waals surface area contributed by atoms with E-state index in [0.29, 0.717) is 5.92 Å². The topological polar surface area (TPSA) is 12.4 Å². The number of rotatable bonds is 1. The summed E-state index contributed by atoms with van der Waals surface area (Å²) < 4.78 is 0. The molecule has 0 spiro atoms. The summed E-state index contributed by atoms with van der Waals surface area (Å²) in [6, 6.07) is 17.7. The molecule has 3 aromatic rings. The molecule has 2 bridgehead atoms. The molecule has 0 aromatic heterocycles. The van der Waals surface area contributed by atoms with Crippen molar-refractivity contribution in [3.8, 4) is 0 Å². The van der Waals surface area contributed by atoms with Crippen LogP contribution in [-0.2, 0) is 26.2 Å². The van der Waals surface area contributed by atoms with Crippen LogP contribution in [0, 0.1) is 0 Å². The Balaban J connectivity index is 0.000000207. The average Bonchev–Trinajstić information content (AvgIpc) is 3.38. The molecule has 0 amide bonds. The molecule has 1 aliphatic carbocycles. The van der Waals surface area contributed by atoms with Gasteiger partial charge in [0.1, 0.15) is 8.07 Å². The zero-order valence-electron chi connectivity index (χ0n) is 18.6. The summed E-state index contributed by atoms with van der Waals surface area (Å²) in [7, 11) is -1.13. The van der Waals surface area contributed by atoms with E-state index in [9.17, 15) is 0 Å². The fourth-order valence-corrected chi connectivity index (χ4v) is 9.05.